The number of unbranched alkanes of at least 4 members (excludes halogenated alkanes) is 4. The van der Waals surface area contributed by atoms with Gasteiger partial charge in [0, 0.05) is 24.9 Å². The summed E-state index contributed by atoms with van der Waals surface area (Å²) >= 11 is 0. The van der Waals surface area contributed by atoms with Crippen LogP contribution in [0, 0.1) is 11.8 Å². The summed E-state index contributed by atoms with van der Waals surface area (Å²) in [6.45, 7) is 4.75. The molecule has 3 atom stereocenters. The highest BCUT2D eigenvalue weighted by Gasteiger charge is 2.52. The Labute approximate surface area is 175 Å². The maximum Gasteiger partial charge on any atom is 0.240 e. The van der Waals surface area contributed by atoms with Gasteiger partial charge in [0.1, 0.15) is 0 Å². The molecule has 0 radical (unpaired) electrons. The maximum atomic E-state index is 12.1. The molecule has 2 amide bonds. The van der Waals surface area contributed by atoms with Crippen LogP contribution >= 0.6 is 0 Å². The number of allylic oxidation sites excluding steroid dienone is 2. The first-order chi connectivity index (χ1) is 13.7. The fourth-order valence-electron chi connectivity index (χ4n) is 4.12. The highest BCUT2D eigenvalue weighted by Crippen LogP contribution is 2.44. The molecule has 1 N–H and O–H groups in total. The van der Waals surface area contributed by atoms with Crippen molar-refractivity contribution in [2.24, 2.45) is 11.8 Å². The molecular formula is C22H36N2O4S. The third-order valence-electron chi connectivity index (χ3n) is 6.78. The Morgan fingerprint density at radius 2 is 1.90 bits per heavy atom. The summed E-state index contributed by atoms with van der Waals surface area (Å²) in [7, 11) is -3.52. The van der Waals surface area contributed by atoms with Crippen LogP contribution in [0.2, 0.25) is 0 Å². The van der Waals surface area contributed by atoms with E-state index in [9.17, 15) is 18.0 Å². The van der Waals surface area contributed by atoms with Crippen LogP contribution in [0.3, 0.4) is 0 Å². The molecule has 0 aromatic rings. The van der Waals surface area contributed by atoms with Crippen molar-refractivity contribution in [2.75, 3.05) is 6.54 Å². The van der Waals surface area contributed by atoms with Crippen molar-refractivity contribution in [3.63, 3.8) is 0 Å². The zero-order valence-electron chi connectivity index (χ0n) is 17.9. The number of rotatable bonds is 11. The number of amides is 2. The van der Waals surface area contributed by atoms with Gasteiger partial charge >= 0.3 is 0 Å². The van der Waals surface area contributed by atoms with Crippen LogP contribution in [0.4, 0.5) is 0 Å². The van der Waals surface area contributed by atoms with Crippen LogP contribution < -0.4 is 4.72 Å². The maximum absolute atomic E-state index is 12.1. The lowest BCUT2D eigenvalue weighted by Gasteiger charge is -2.21. The summed E-state index contributed by atoms with van der Waals surface area (Å²) in [4.78, 5) is 26.3. The molecule has 3 aliphatic rings. The van der Waals surface area contributed by atoms with Gasteiger partial charge in [0.2, 0.25) is 21.8 Å². The Kier molecular flexibility index (Phi) is 7.07. The van der Waals surface area contributed by atoms with E-state index in [0.29, 0.717) is 31.2 Å². The van der Waals surface area contributed by atoms with Gasteiger partial charge in [-0.2, -0.15) is 0 Å². The lowest BCUT2D eigenvalue weighted by Crippen LogP contribution is -2.39. The van der Waals surface area contributed by atoms with Crippen molar-refractivity contribution in [3.05, 3.63) is 12.2 Å². The average Bonchev–Trinajstić information content (AvgIpc) is 3.56. The predicted octanol–water partition coefficient (Wildman–Crippen LogP) is 3.53. The van der Waals surface area contributed by atoms with Gasteiger partial charge in [-0.05, 0) is 71.1 Å². The van der Waals surface area contributed by atoms with Gasteiger partial charge in [-0.25, -0.2) is 8.42 Å². The summed E-state index contributed by atoms with van der Waals surface area (Å²) in [5.74, 6) is -0.0462. The number of hydrogen-bond acceptors (Lipinski definition) is 4. The molecule has 3 rings (SSSR count). The SMILES string of the molecule is CC1CCCN1C(=O)CCCCCC/C=C\C1CC1C(=O)NS(=O)(=O)C1(C)CC1. The molecular weight excluding hydrogens is 388 g/mol. The summed E-state index contributed by atoms with van der Waals surface area (Å²) in [6, 6.07) is 0.415. The number of carbonyl (C=O) groups excluding carboxylic acids is 2. The first-order valence-corrected chi connectivity index (χ1v) is 12.7. The molecule has 164 valence electrons. The molecule has 6 nitrogen and oxygen atoms in total. The van der Waals surface area contributed by atoms with Gasteiger partial charge < -0.3 is 4.90 Å². The zero-order chi connectivity index (χ0) is 21.1. The van der Waals surface area contributed by atoms with E-state index in [2.05, 4.69) is 23.8 Å². The monoisotopic (exact) mass is 424 g/mol. The Morgan fingerprint density at radius 1 is 1.17 bits per heavy atom. The van der Waals surface area contributed by atoms with E-state index in [4.69, 9.17) is 0 Å². The Balaban J connectivity index is 1.22. The molecule has 0 aromatic carbocycles. The minimum Gasteiger partial charge on any atom is -0.340 e. The van der Waals surface area contributed by atoms with Gasteiger partial charge in [-0.1, -0.05) is 25.0 Å². The van der Waals surface area contributed by atoms with Crippen LogP contribution in [0.25, 0.3) is 0 Å². The minimum absolute atomic E-state index is 0.178. The van der Waals surface area contributed by atoms with Gasteiger partial charge in [-0.15, -0.1) is 0 Å². The van der Waals surface area contributed by atoms with Crippen molar-refractivity contribution in [3.8, 4) is 0 Å². The van der Waals surface area contributed by atoms with Crippen LogP contribution in [-0.4, -0.2) is 42.5 Å². The Hall–Kier alpha value is -1.37. The zero-order valence-corrected chi connectivity index (χ0v) is 18.7. The van der Waals surface area contributed by atoms with Gasteiger partial charge in [-0.3, -0.25) is 14.3 Å². The molecule has 3 unspecified atom stereocenters. The fourth-order valence-corrected chi connectivity index (χ4v) is 5.42. The number of hydrogen-bond donors (Lipinski definition) is 1. The second-order valence-electron chi connectivity index (χ2n) is 9.39. The lowest BCUT2D eigenvalue weighted by atomic mass is 10.1. The van der Waals surface area contributed by atoms with Crippen LogP contribution in [0.5, 0.6) is 0 Å². The highest BCUT2D eigenvalue weighted by molar-refractivity contribution is 7.91. The van der Waals surface area contributed by atoms with E-state index in [1.165, 1.54) is 0 Å². The van der Waals surface area contributed by atoms with Crippen molar-refractivity contribution >= 4 is 21.8 Å². The quantitative estimate of drug-likeness (QED) is 0.406. The number of nitrogens with zero attached hydrogens (tertiary/aromatic N) is 1. The molecule has 29 heavy (non-hydrogen) atoms. The van der Waals surface area contributed by atoms with E-state index in [-0.39, 0.29) is 17.7 Å². The molecule has 0 bridgehead atoms. The Bertz CT molecular complexity index is 742. The summed E-state index contributed by atoms with van der Waals surface area (Å²) in [5.41, 5.74) is 0. The molecule has 1 heterocycles. The number of nitrogens with one attached hydrogen (secondary N) is 1. The van der Waals surface area contributed by atoms with Crippen molar-refractivity contribution < 1.29 is 18.0 Å². The van der Waals surface area contributed by atoms with Crippen LogP contribution in [-0.2, 0) is 19.6 Å². The predicted molar refractivity (Wildman–Crippen MR) is 114 cm³/mol. The van der Waals surface area contributed by atoms with Crippen LogP contribution in [0.1, 0.15) is 84.5 Å². The molecule has 0 spiro atoms. The summed E-state index contributed by atoms with van der Waals surface area (Å²) in [6.07, 6.45) is 14.3. The summed E-state index contributed by atoms with van der Waals surface area (Å²) < 4.78 is 25.8. The summed E-state index contributed by atoms with van der Waals surface area (Å²) in [5, 5.41) is 0. The third kappa shape index (κ3) is 5.83. The molecule has 3 fully saturated rings. The van der Waals surface area contributed by atoms with E-state index in [0.717, 1.165) is 57.9 Å². The fraction of sp³-hybridized carbons (Fsp3) is 0.818. The van der Waals surface area contributed by atoms with E-state index in [1.807, 2.05) is 4.90 Å². The smallest absolute Gasteiger partial charge is 0.240 e. The normalized spacial score (nSPS) is 27.9. The number of carbonyl (C=O) groups is 2. The average molecular weight is 425 g/mol. The Morgan fingerprint density at radius 3 is 2.55 bits per heavy atom. The van der Waals surface area contributed by atoms with Gasteiger partial charge in [0.05, 0.1) is 4.75 Å². The second-order valence-corrected chi connectivity index (χ2v) is 11.6. The second kappa shape index (κ2) is 9.19. The first kappa shape index (κ1) is 22.3. The van der Waals surface area contributed by atoms with Gasteiger partial charge in [0.25, 0.3) is 0 Å². The van der Waals surface area contributed by atoms with Crippen LogP contribution in [0.15, 0.2) is 12.2 Å². The largest absolute Gasteiger partial charge is 0.340 e. The molecule has 1 saturated heterocycles. The molecule has 7 heteroatoms. The number of sulfonamides is 1. The third-order valence-corrected chi connectivity index (χ3v) is 8.96. The minimum atomic E-state index is -3.52. The molecule has 1 aliphatic heterocycles. The molecule has 0 aromatic heterocycles. The highest BCUT2D eigenvalue weighted by atomic mass is 32.2. The number of likely N-dealkylation sites (tertiary alicyclic amines) is 1. The van der Waals surface area contributed by atoms with Crippen molar-refractivity contribution in [1.29, 1.82) is 0 Å². The standard InChI is InChI=1S/C22H36N2O4S/c1-17-10-9-15-24(17)20(25)12-8-6-4-3-5-7-11-18-16-19(18)21(26)23-29(27,28)22(2)13-14-22/h7,11,17-19H,3-6,8-10,12-16H2,1-2H3,(H,23,26)/b11-7-. The van der Waals surface area contributed by atoms with E-state index < -0.39 is 14.8 Å². The lowest BCUT2D eigenvalue weighted by molar-refractivity contribution is -0.131. The van der Waals surface area contributed by atoms with E-state index in [1.54, 1.807) is 6.92 Å². The van der Waals surface area contributed by atoms with Gasteiger partial charge in [0.15, 0.2) is 0 Å². The molecule has 2 aliphatic carbocycles. The van der Waals surface area contributed by atoms with Crippen molar-refractivity contribution in [1.82, 2.24) is 9.62 Å². The molecule has 2 saturated carbocycles. The van der Waals surface area contributed by atoms with E-state index >= 15 is 0 Å². The first-order valence-electron chi connectivity index (χ1n) is 11.3. The van der Waals surface area contributed by atoms with Crippen molar-refractivity contribution in [2.45, 2.75) is 95.3 Å². The topological polar surface area (TPSA) is 83.6 Å².